The van der Waals surface area contributed by atoms with Gasteiger partial charge >= 0.3 is 0 Å². The zero-order chi connectivity index (χ0) is 11.8. The topological polar surface area (TPSA) is 78.0 Å². The van der Waals surface area contributed by atoms with Gasteiger partial charge in [0.2, 0.25) is 0 Å². The summed E-state index contributed by atoms with van der Waals surface area (Å²) >= 11 is 0. The Morgan fingerprint density at radius 3 is 2.88 bits per heavy atom. The number of pyridine rings is 1. The van der Waals surface area contributed by atoms with Gasteiger partial charge in [-0.3, -0.25) is 4.90 Å². The molecule has 5 heteroatoms. The monoisotopic (exact) mass is 219 g/mol. The minimum Gasteiger partial charge on any atom is -0.308 e. The SMILES string of the molecule is CCN(CCC#N)Cc1ccc(NN)nc1. The van der Waals surface area contributed by atoms with Crippen LogP contribution >= 0.6 is 0 Å². The third-order valence-electron chi connectivity index (χ3n) is 2.37. The molecule has 0 saturated heterocycles. The van der Waals surface area contributed by atoms with Crippen molar-refractivity contribution in [1.29, 1.82) is 5.26 Å². The average molecular weight is 219 g/mol. The molecule has 0 fully saturated rings. The zero-order valence-electron chi connectivity index (χ0n) is 9.48. The molecule has 0 bridgehead atoms. The molecule has 5 nitrogen and oxygen atoms in total. The predicted octanol–water partition coefficient (Wildman–Crippen LogP) is 1.10. The molecule has 0 aromatic carbocycles. The van der Waals surface area contributed by atoms with Gasteiger partial charge in [-0.15, -0.1) is 0 Å². The van der Waals surface area contributed by atoms with Crippen LogP contribution in [-0.4, -0.2) is 23.0 Å². The van der Waals surface area contributed by atoms with E-state index in [0.29, 0.717) is 12.2 Å². The minimum atomic E-state index is 0.559. The largest absolute Gasteiger partial charge is 0.308 e. The van der Waals surface area contributed by atoms with Gasteiger partial charge < -0.3 is 5.43 Å². The van der Waals surface area contributed by atoms with E-state index in [4.69, 9.17) is 11.1 Å². The molecule has 0 radical (unpaired) electrons. The summed E-state index contributed by atoms with van der Waals surface area (Å²) in [6.45, 7) is 4.62. The van der Waals surface area contributed by atoms with Crippen LogP contribution in [0.25, 0.3) is 0 Å². The van der Waals surface area contributed by atoms with Crippen LogP contribution in [-0.2, 0) is 6.54 Å². The lowest BCUT2D eigenvalue weighted by atomic mass is 10.2. The van der Waals surface area contributed by atoms with Gasteiger partial charge in [0.25, 0.3) is 0 Å². The highest BCUT2D eigenvalue weighted by atomic mass is 15.2. The molecule has 86 valence electrons. The maximum atomic E-state index is 8.53. The van der Waals surface area contributed by atoms with Crippen molar-refractivity contribution in [1.82, 2.24) is 9.88 Å². The Kier molecular flexibility index (Phi) is 5.26. The van der Waals surface area contributed by atoms with Crippen LogP contribution < -0.4 is 11.3 Å². The van der Waals surface area contributed by atoms with Crippen LogP contribution in [0.4, 0.5) is 5.82 Å². The summed E-state index contributed by atoms with van der Waals surface area (Å²) in [6.07, 6.45) is 2.36. The van der Waals surface area contributed by atoms with Gasteiger partial charge in [-0.2, -0.15) is 5.26 Å². The van der Waals surface area contributed by atoms with Crippen LogP contribution in [0.15, 0.2) is 18.3 Å². The van der Waals surface area contributed by atoms with Crippen molar-refractivity contribution < 1.29 is 0 Å². The first-order valence-corrected chi connectivity index (χ1v) is 5.31. The number of hydrogen-bond acceptors (Lipinski definition) is 5. The summed E-state index contributed by atoms with van der Waals surface area (Å²) in [5, 5.41) is 8.53. The van der Waals surface area contributed by atoms with Crippen LogP contribution in [0.5, 0.6) is 0 Å². The fraction of sp³-hybridized carbons (Fsp3) is 0.455. The van der Waals surface area contributed by atoms with Gasteiger partial charge in [0, 0.05) is 25.7 Å². The van der Waals surface area contributed by atoms with Gasteiger partial charge in [0.05, 0.1) is 6.07 Å². The summed E-state index contributed by atoms with van der Waals surface area (Å²) in [5.74, 6) is 5.89. The fourth-order valence-electron chi connectivity index (χ4n) is 1.42. The number of hydrazine groups is 1. The van der Waals surface area contributed by atoms with Gasteiger partial charge in [0.15, 0.2) is 0 Å². The quantitative estimate of drug-likeness (QED) is 0.553. The number of nitrogens with zero attached hydrogens (tertiary/aromatic N) is 3. The molecule has 1 aromatic rings. The lowest BCUT2D eigenvalue weighted by Gasteiger charge is -2.18. The Morgan fingerprint density at radius 2 is 2.38 bits per heavy atom. The summed E-state index contributed by atoms with van der Waals surface area (Å²) in [4.78, 5) is 6.34. The molecular weight excluding hydrogens is 202 g/mol. The molecule has 16 heavy (non-hydrogen) atoms. The molecule has 1 heterocycles. The number of hydrogen-bond donors (Lipinski definition) is 2. The summed E-state index contributed by atoms with van der Waals surface area (Å²) in [6, 6.07) is 5.98. The van der Waals surface area contributed by atoms with Crippen LogP contribution in [0, 0.1) is 11.3 Å². The van der Waals surface area contributed by atoms with E-state index in [9.17, 15) is 0 Å². The van der Waals surface area contributed by atoms with Crippen molar-refractivity contribution >= 4 is 5.82 Å². The highest BCUT2D eigenvalue weighted by Crippen LogP contribution is 2.07. The van der Waals surface area contributed by atoms with Crippen molar-refractivity contribution in [2.24, 2.45) is 5.84 Å². The predicted molar refractivity (Wildman–Crippen MR) is 63.2 cm³/mol. The molecule has 0 atom stereocenters. The Balaban J connectivity index is 2.53. The van der Waals surface area contributed by atoms with E-state index in [2.05, 4.69) is 28.3 Å². The first-order valence-electron chi connectivity index (χ1n) is 5.31. The molecule has 1 aromatic heterocycles. The Morgan fingerprint density at radius 1 is 1.56 bits per heavy atom. The lowest BCUT2D eigenvalue weighted by Crippen LogP contribution is -2.23. The van der Waals surface area contributed by atoms with Crippen molar-refractivity contribution in [2.45, 2.75) is 19.9 Å². The summed E-state index contributed by atoms with van der Waals surface area (Å²) in [7, 11) is 0. The number of nitrogens with one attached hydrogen (secondary N) is 1. The van der Waals surface area contributed by atoms with E-state index in [1.807, 2.05) is 12.1 Å². The molecule has 0 aliphatic carbocycles. The molecule has 0 saturated carbocycles. The van der Waals surface area contributed by atoms with Crippen LogP contribution in [0.1, 0.15) is 18.9 Å². The Labute approximate surface area is 95.9 Å². The zero-order valence-corrected chi connectivity index (χ0v) is 9.48. The van der Waals surface area contributed by atoms with E-state index < -0.39 is 0 Å². The smallest absolute Gasteiger partial charge is 0.139 e. The van der Waals surface area contributed by atoms with E-state index >= 15 is 0 Å². The van der Waals surface area contributed by atoms with E-state index in [1.54, 1.807) is 6.20 Å². The molecule has 0 unspecified atom stereocenters. The van der Waals surface area contributed by atoms with E-state index in [-0.39, 0.29) is 0 Å². The van der Waals surface area contributed by atoms with Gasteiger partial charge in [-0.05, 0) is 18.2 Å². The molecule has 3 N–H and O–H groups in total. The Bertz CT molecular complexity index is 340. The number of anilines is 1. The van der Waals surface area contributed by atoms with Crippen molar-refractivity contribution in [2.75, 3.05) is 18.5 Å². The maximum Gasteiger partial charge on any atom is 0.139 e. The van der Waals surface area contributed by atoms with Crippen molar-refractivity contribution in [3.05, 3.63) is 23.9 Å². The second-order valence-electron chi connectivity index (χ2n) is 3.47. The normalized spacial score (nSPS) is 10.1. The first kappa shape index (κ1) is 12.4. The van der Waals surface area contributed by atoms with E-state index in [0.717, 1.165) is 25.2 Å². The third-order valence-corrected chi connectivity index (χ3v) is 2.37. The molecule has 0 spiro atoms. The van der Waals surface area contributed by atoms with Crippen molar-refractivity contribution in [3.8, 4) is 6.07 Å². The third kappa shape index (κ3) is 3.85. The summed E-state index contributed by atoms with van der Waals surface area (Å²) in [5.41, 5.74) is 3.61. The van der Waals surface area contributed by atoms with Gasteiger partial charge in [0.1, 0.15) is 5.82 Å². The molecule has 0 aliphatic rings. The average Bonchev–Trinajstić information content (AvgIpc) is 2.35. The number of nitrogens with two attached hydrogens (primary N) is 1. The van der Waals surface area contributed by atoms with Crippen LogP contribution in [0.3, 0.4) is 0 Å². The fourth-order valence-corrected chi connectivity index (χ4v) is 1.42. The number of rotatable bonds is 6. The van der Waals surface area contributed by atoms with Crippen LogP contribution in [0.2, 0.25) is 0 Å². The molecule has 0 amide bonds. The molecule has 0 aliphatic heterocycles. The highest BCUT2D eigenvalue weighted by Gasteiger charge is 2.03. The van der Waals surface area contributed by atoms with Gasteiger partial charge in [-0.1, -0.05) is 13.0 Å². The molecule has 1 rings (SSSR count). The van der Waals surface area contributed by atoms with Gasteiger partial charge in [-0.25, -0.2) is 10.8 Å². The van der Waals surface area contributed by atoms with Crippen molar-refractivity contribution in [3.63, 3.8) is 0 Å². The lowest BCUT2D eigenvalue weighted by molar-refractivity contribution is 0.286. The second kappa shape index (κ2) is 6.77. The number of nitriles is 1. The number of aromatic nitrogens is 1. The minimum absolute atomic E-state index is 0.559. The molecular formula is C11H17N5. The Hall–Kier alpha value is -1.64. The second-order valence-corrected chi connectivity index (χ2v) is 3.47. The number of nitrogen functional groups attached to an aromatic ring is 1. The van der Waals surface area contributed by atoms with E-state index in [1.165, 1.54) is 0 Å². The highest BCUT2D eigenvalue weighted by molar-refractivity contribution is 5.33. The first-order chi connectivity index (χ1) is 7.80. The summed E-state index contributed by atoms with van der Waals surface area (Å²) < 4.78 is 0. The standard InChI is InChI=1S/C11H17N5/c1-2-16(7-3-6-12)9-10-4-5-11(15-13)14-8-10/h4-5,8H,2-3,7,9,13H2,1H3,(H,14,15). The maximum absolute atomic E-state index is 8.53.